The summed E-state index contributed by atoms with van der Waals surface area (Å²) >= 11 is 0. The molecule has 7 heteroatoms. The molecule has 1 heterocycles. The number of nitrogens with zero attached hydrogens (tertiary/aromatic N) is 1. The van der Waals surface area contributed by atoms with Gasteiger partial charge in [0.05, 0.1) is 26.7 Å². The number of methoxy groups -OCH3 is 3. The van der Waals surface area contributed by atoms with Crippen molar-refractivity contribution < 1.29 is 23.8 Å². The summed E-state index contributed by atoms with van der Waals surface area (Å²) < 4.78 is 16.2. The molecule has 5 fully saturated rings. The number of benzene rings is 1. The molecule has 4 saturated carbocycles. The standard InChI is InChI=1S/C26H36N2O5/c1-31-21-11-23(33-3)22(32-2)10-19(21)15-27-24(29)20-5-4-6-28(20)25(30)26-12-16-7-17(13-26)9-18(8-16)14-26/h10-11,16-18,20H,4-9,12-15H2,1-3H3,(H,27,29)/t16?,17?,18?,20-,26?/m0/s1. The smallest absolute Gasteiger partial charge is 0.243 e. The number of rotatable bonds is 7. The van der Waals surface area contributed by atoms with Crippen LogP contribution in [0.25, 0.3) is 0 Å². The normalized spacial score (nSPS) is 32.0. The van der Waals surface area contributed by atoms with Crippen molar-refractivity contribution in [2.45, 2.75) is 64.0 Å². The van der Waals surface area contributed by atoms with E-state index < -0.39 is 0 Å². The molecule has 33 heavy (non-hydrogen) atoms. The van der Waals surface area contributed by atoms with Crippen LogP contribution in [-0.4, -0.2) is 50.6 Å². The first-order chi connectivity index (χ1) is 16.0. The highest BCUT2D eigenvalue weighted by Gasteiger charge is 2.56. The van der Waals surface area contributed by atoms with Crippen LogP contribution in [0.1, 0.15) is 56.9 Å². The van der Waals surface area contributed by atoms with Crippen molar-refractivity contribution in [1.82, 2.24) is 10.2 Å². The Morgan fingerprint density at radius 3 is 2.09 bits per heavy atom. The molecule has 1 N–H and O–H groups in total. The Morgan fingerprint density at radius 1 is 0.939 bits per heavy atom. The quantitative estimate of drug-likeness (QED) is 0.679. The Kier molecular flexibility index (Phi) is 5.91. The van der Waals surface area contributed by atoms with Gasteiger partial charge in [-0.2, -0.15) is 0 Å². The van der Waals surface area contributed by atoms with Gasteiger partial charge in [0.25, 0.3) is 0 Å². The number of hydrogen-bond acceptors (Lipinski definition) is 5. The topological polar surface area (TPSA) is 77.1 Å². The van der Waals surface area contributed by atoms with Gasteiger partial charge in [0.2, 0.25) is 11.8 Å². The molecule has 2 amide bonds. The lowest BCUT2D eigenvalue weighted by Crippen LogP contribution is -2.57. The molecule has 180 valence electrons. The summed E-state index contributed by atoms with van der Waals surface area (Å²) in [4.78, 5) is 29.0. The van der Waals surface area contributed by atoms with Crippen LogP contribution in [0.2, 0.25) is 0 Å². The molecule has 1 atom stereocenters. The summed E-state index contributed by atoms with van der Waals surface area (Å²) in [7, 11) is 4.75. The fourth-order valence-electron chi connectivity index (χ4n) is 7.49. The Morgan fingerprint density at radius 2 is 1.52 bits per heavy atom. The highest BCUT2D eigenvalue weighted by Crippen LogP contribution is 2.60. The minimum atomic E-state index is -0.378. The summed E-state index contributed by atoms with van der Waals surface area (Å²) in [5, 5.41) is 3.05. The maximum absolute atomic E-state index is 13.8. The Hall–Kier alpha value is -2.44. The van der Waals surface area contributed by atoms with Gasteiger partial charge in [0.15, 0.2) is 11.5 Å². The molecule has 1 aromatic carbocycles. The molecule has 0 radical (unpaired) electrons. The zero-order valence-electron chi connectivity index (χ0n) is 20.0. The van der Waals surface area contributed by atoms with Crippen molar-refractivity contribution in [3.63, 3.8) is 0 Å². The second kappa shape index (κ2) is 8.73. The lowest BCUT2D eigenvalue weighted by Gasteiger charge is -2.56. The van der Waals surface area contributed by atoms with E-state index in [1.807, 2.05) is 11.0 Å². The van der Waals surface area contributed by atoms with E-state index in [1.54, 1.807) is 27.4 Å². The number of nitrogens with one attached hydrogen (secondary N) is 1. The highest BCUT2D eigenvalue weighted by atomic mass is 16.5. The molecule has 1 aromatic rings. The minimum absolute atomic E-state index is 0.0811. The van der Waals surface area contributed by atoms with Crippen molar-refractivity contribution in [2.24, 2.45) is 23.2 Å². The lowest BCUT2D eigenvalue weighted by molar-refractivity contribution is -0.160. The molecular weight excluding hydrogens is 420 g/mol. The van der Waals surface area contributed by atoms with Crippen molar-refractivity contribution in [3.05, 3.63) is 17.7 Å². The van der Waals surface area contributed by atoms with Crippen LogP contribution < -0.4 is 19.5 Å². The number of hydrogen-bond donors (Lipinski definition) is 1. The molecule has 0 unspecified atom stereocenters. The van der Waals surface area contributed by atoms with E-state index in [0.29, 0.717) is 48.1 Å². The first-order valence-electron chi connectivity index (χ1n) is 12.3. The average molecular weight is 457 g/mol. The molecule has 1 saturated heterocycles. The molecule has 4 bridgehead atoms. The molecule has 6 rings (SSSR count). The number of likely N-dealkylation sites (tertiary alicyclic amines) is 1. The summed E-state index contributed by atoms with van der Waals surface area (Å²) in [6.07, 6.45) is 8.64. The van der Waals surface area contributed by atoms with Gasteiger partial charge >= 0.3 is 0 Å². The SMILES string of the molecule is COc1cc(OC)c(OC)cc1CNC(=O)[C@@H]1CCCN1C(=O)C12CC3CC(CC(C3)C1)C2. The maximum Gasteiger partial charge on any atom is 0.243 e. The van der Waals surface area contributed by atoms with Gasteiger partial charge in [-0.05, 0) is 75.2 Å². The van der Waals surface area contributed by atoms with E-state index in [1.165, 1.54) is 19.3 Å². The van der Waals surface area contributed by atoms with E-state index in [0.717, 1.165) is 37.7 Å². The Balaban J connectivity index is 1.28. The Labute approximate surface area is 196 Å². The predicted molar refractivity (Wildman–Crippen MR) is 123 cm³/mol. The van der Waals surface area contributed by atoms with Crippen LogP contribution in [0.3, 0.4) is 0 Å². The average Bonchev–Trinajstić information content (AvgIpc) is 3.30. The summed E-state index contributed by atoms with van der Waals surface area (Å²) in [5.74, 6) is 4.11. The molecule has 7 nitrogen and oxygen atoms in total. The van der Waals surface area contributed by atoms with Crippen LogP contribution in [-0.2, 0) is 16.1 Å². The zero-order valence-corrected chi connectivity index (χ0v) is 20.0. The summed E-state index contributed by atoms with van der Waals surface area (Å²) in [6.45, 7) is 0.997. The third-order valence-electron chi connectivity index (χ3n) is 8.55. The van der Waals surface area contributed by atoms with Gasteiger partial charge in [-0.25, -0.2) is 0 Å². The van der Waals surface area contributed by atoms with Crippen LogP contribution in [0.4, 0.5) is 0 Å². The highest BCUT2D eigenvalue weighted by molar-refractivity contribution is 5.91. The van der Waals surface area contributed by atoms with Crippen LogP contribution in [0.5, 0.6) is 17.2 Å². The molecule has 5 aliphatic rings. The second-order valence-electron chi connectivity index (χ2n) is 10.6. The Bertz CT molecular complexity index is 894. The lowest BCUT2D eigenvalue weighted by atomic mass is 9.49. The van der Waals surface area contributed by atoms with Gasteiger partial charge in [-0.15, -0.1) is 0 Å². The van der Waals surface area contributed by atoms with Gasteiger partial charge in [-0.3, -0.25) is 9.59 Å². The minimum Gasteiger partial charge on any atom is -0.496 e. The summed E-state index contributed by atoms with van der Waals surface area (Å²) in [6, 6.07) is 3.21. The van der Waals surface area contributed by atoms with Gasteiger partial charge in [0, 0.05) is 24.7 Å². The first-order valence-corrected chi connectivity index (χ1v) is 12.3. The summed E-state index contributed by atoms with van der Waals surface area (Å²) in [5.41, 5.74) is 0.602. The monoisotopic (exact) mass is 456 g/mol. The van der Waals surface area contributed by atoms with Crippen molar-refractivity contribution in [3.8, 4) is 17.2 Å². The number of carbonyl (C=O) groups is 2. The van der Waals surface area contributed by atoms with Crippen molar-refractivity contribution in [2.75, 3.05) is 27.9 Å². The zero-order chi connectivity index (χ0) is 23.2. The molecule has 0 aromatic heterocycles. The number of amides is 2. The van der Waals surface area contributed by atoms with E-state index in [9.17, 15) is 9.59 Å². The fraction of sp³-hybridized carbons (Fsp3) is 0.692. The molecular formula is C26H36N2O5. The first kappa shape index (κ1) is 22.4. The van der Waals surface area contributed by atoms with Crippen molar-refractivity contribution in [1.29, 1.82) is 0 Å². The van der Waals surface area contributed by atoms with E-state index in [-0.39, 0.29) is 23.3 Å². The van der Waals surface area contributed by atoms with Gasteiger partial charge in [-0.1, -0.05) is 0 Å². The van der Waals surface area contributed by atoms with Gasteiger partial charge in [0.1, 0.15) is 11.8 Å². The fourth-order valence-corrected chi connectivity index (χ4v) is 7.49. The second-order valence-corrected chi connectivity index (χ2v) is 10.6. The third kappa shape index (κ3) is 3.93. The van der Waals surface area contributed by atoms with E-state index >= 15 is 0 Å². The van der Waals surface area contributed by atoms with E-state index in [2.05, 4.69) is 5.32 Å². The maximum atomic E-state index is 13.8. The van der Waals surface area contributed by atoms with Crippen LogP contribution in [0.15, 0.2) is 12.1 Å². The number of carbonyl (C=O) groups excluding carboxylic acids is 2. The van der Waals surface area contributed by atoms with Crippen LogP contribution in [0, 0.1) is 23.2 Å². The van der Waals surface area contributed by atoms with Crippen molar-refractivity contribution >= 4 is 11.8 Å². The van der Waals surface area contributed by atoms with E-state index in [4.69, 9.17) is 14.2 Å². The number of ether oxygens (including phenoxy) is 3. The van der Waals surface area contributed by atoms with Gasteiger partial charge < -0.3 is 24.4 Å². The molecule has 0 spiro atoms. The third-order valence-corrected chi connectivity index (χ3v) is 8.55. The van der Waals surface area contributed by atoms with Crippen LogP contribution >= 0.6 is 0 Å². The largest absolute Gasteiger partial charge is 0.496 e. The predicted octanol–water partition coefficient (Wildman–Crippen LogP) is 3.54. The molecule has 4 aliphatic carbocycles. The molecule has 1 aliphatic heterocycles.